The van der Waals surface area contributed by atoms with Crippen molar-refractivity contribution in [3.63, 3.8) is 0 Å². The SMILES string of the molecule is C=C.COC(=O)N1c2ccc(Br)c(N)c2CC[C@@H]1C. The van der Waals surface area contributed by atoms with Crippen LogP contribution in [0.4, 0.5) is 16.2 Å². The second-order valence-corrected chi connectivity index (χ2v) is 5.04. The molecule has 0 fully saturated rings. The average molecular weight is 327 g/mol. The Labute approximate surface area is 122 Å². The van der Waals surface area contributed by atoms with Crippen LogP contribution in [0.2, 0.25) is 0 Å². The first-order valence-electron chi connectivity index (χ1n) is 6.00. The number of ether oxygens (including phenoxy) is 1. The molecule has 0 radical (unpaired) electrons. The van der Waals surface area contributed by atoms with Gasteiger partial charge < -0.3 is 10.5 Å². The Balaban J connectivity index is 0.000000861. The highest BCUT2D eigenvalue weighted by Crippen LogP contribution is 2.38. The molecule has 2 N–H and O–H groups in total. The molecule has 0 aliphatic carbocycles. The number of halogens is 1. The number of amides is 1. The van der Waals surface area contributed by atoms with Gasteiger partial charge in [0.05, 0.1) is 18.5 Å². The number of nitrogens with two attached hydrogens (primary N) is 1. The van der Waals surface area contributed by atoms with E-state index < -0.39 is 0 Å². The van der Waals surface area contributed by atoms with Gasteiger partial charge in [-0.25, -0.2) is 4.79 Å². The molecule has 1 heterocycles. The lowest BCUT2D eigenvalue weighted by atomic mass is 9.96. The van der Waals surface area contributed by atoms with Crippen LogP contribution in [0.5, 0.6) is 0 Å². The molecule has 0 saturated carbocycles. The van der Waals surface area contributed by atoms with Gasteiger partial charge in [-0.3, -0.25) is 4.90 Å². The second kappa shape index (κ2) is 6.61. The fourth-order valence-electron chi connectivity index (χ4n) is 2.21. The van der Waals surface area contributed by atoms with Crippen LogP contribution >= 0.6 is 15.9 Å². The lowest BCUT2D eigenvalue weighted by molar-refractivity contribution is 0.175. The first kappa shape index (κ1) is 15.6. The lowest BCUT2D eigenvalue weighted by Gasteiger charge is -2.34. The number of benzene rings is 1. The maximum atomic E-state index is 11.8. The number of fused-ring (bicyclic) bond motifs is 1. The maximum Gasteiger partial charge on any atom is 0.414 e. The van der Waals surface area contributed by atoms with Gasteiger partial charge in [-0.1, -0.05) is 0 Å². The molecule has 1 aliphatic heterocycles. The van der Waals surface area contributed by atoms with E-state index in [0.29, 0.717) is 5.69 Å². The summed E-state index contributed by atoms with van der Waals surface area (Å²) >= 11 is 3.40. The molecular weight excluding hydrogens is 308 g/mol. The van der Waals surface area contributed by atoms with E-state index in [1.54, 1.807) is 4.90 Å². The molecule has 1 atom stereocenters. The van der Waals surface area contributed by atoms with Crippen molar-refractivity contribution in [2.24, 2.45) is 0 Å². The number of carbonyl (C=O) groups is 1. The van der Waals surface area contributed by atoms with Gasteiger partial charge in [0.25, 0.3) is 0 Å². The van der Waals surface area contributed by atoms with Crippen LogP contribution < -0.4 is 10.6 Å². The number of carbonyl (C=O) groups excluding carboxylic acids is 1. The van der Waals surface area contributed by atoms with Crippen LogP contribution in [-0.2, 0) is 11.2 Å². The van der Waals surface area contributed by atoms with E-state index >= 15 is 0 Å². The van der Waals surface area contributed by atoms with E-state index in [1.165, 1.54) is 7.11 Å². The van der Waals surface area contributed by atoms with Crippen LogP contribution in [-0.4, -0.2) is 19.2 Å². The van der Waals surface area contributed by atoms with Gasteiger partial charge in [0.1, 0.15) is 0 Å². The molecule has 1 aromatic rings. The normalized spacial score (nSPS) is 17.0. The summed E-state index contributed by atoms with van der Waals surface area (Å²) in [6.07, 6.45) is 1.44. The zero-order chi connectivity index (χ0) is 14.6. The fraction of sp³-hybridized carbons (Fsp3) is 0.357. The highest BCUT2D eigenvalue weighted by molar-refractivity contribution is 9.10. The number of hydrogen-bond acceptors (Lipinski definition) is 3. The summed E-state index contributed by atoms with van der Waals surface area (Å²) in [5, 5.41) is 0. The van der Waals surface area contributed by atoms with Gasteiger partial charge in [0, 0.05) is 16.1 Å². The van der Waals surface area contributed by atoms with E-state index in [2.05, 4.69) is 29.1 Å². The maximum absolute atomic E-state index is 11.8. The Morgan fingerprint density at radius 3 is 2.74 bits per heavy atom. The van der Waals surface area contributed by atoms with E-state index in [1.807, 2.05) is 19.1 Å². The van der Waals surface area contributed by atoms with E-state index in [4.69, 9.17) is 10.5 Å². The second-order valence-electron chi connectivity index (χ2n) is 4.19. The zero-order valence-corrected chi connectivity index (χ0v) is 12.9. The number of hydrogen-bond donors (Lipinski definition) is 1. The molecule has 0 unspecified atom stereocenters. The van der Waals surface area contributed by atoms with Crippen molar-refractivity contribution in [2.75, 3.05) is 17.7 Å². The molecule has 19 heavy (non-hydrogen) atoms. The summed E-state index contributed by atoms with van der Waals surface area (Å²) < 4.78 is 5.69. The Morgan fingerprint density at radius 1 is 1.53 bits per heavy atom. The van der Waals surface area contributed by atoms with E-state index in [9.17, 15) is 4.79 Å². The Kier molecular flexibility index (Phi) is 5.42. The summed E-state index contributed by atoms with van der Waals surface area (Å²) in [6.45, 7) is 8.01. The van der Waals surface area contributed by atoms with Gasteiger partial charge in [-0.2, -0.15) is 0 Å². The number of anilines is 2. The summed E-state index contributed by atoms with van der Waals surface area (Å²) in [5.41, 5.74) is 8.61. The first-order chi connectivity index (χ1) is 9.06. The van der Waals surface area contributed by atoms with Crippen molar-refractivity contribution in [1.82, 2.24) is 0 Å². The number of rotatable bonds is 0. The average Bonchev–Trinajstić information content (AvgIpc) is 2.44. The van der Waals surface area contributed by atoms with Gasteiger partial charge in [0.15, 0.2) is 0 Å². The van der Waals surface area contributed by atoms with Gasteiger partial charge in [-0.15, -0.1) is 13.2 Å². The number of nitrogen functional groups attached to an aromatic ring is 1. The first-order valence-corrected chi connectivity index (χ1v) is 6.79. The number of nitrogens with zero attached hydrogens (tertiary/aromatic N) is 1. The highest BCUT2D eigenvalue weighted by Gasteiger charge is 2.30. The van der Waals surface area contributed by atoms with Crippen molar-refractivity contribution < 1.29 is 9.53 Å². The molecule has 0 saturated heterocycles. The minimum atomic E-state index is -0.333. The molecule has 2 rings (SSSR count). The molecule has 1 aromatic carbocycles. The third-order valence-corrected chi connectivity index (χ3v) is 3.85. The largest absolute Gasteiger partial charge is 0.452 e. The van der Waals surface area contributed by atoms with E-state index in [0.717, 1.165) is 28.6 Å². The lowest BCUT2D eigenvalue weighted by Crippen LogP contribution is -2.42. The van der Waals surface area contributed by atoms with Gasteiger partial charge in [0.2, 0.25) is 0 Å². The molecule has 104 valence electrons. The molecule has 5 heteroatoms. The zero-order valence-electron chi connectivity index (χ0n) is 11.3. The van der Waals surface area contributed by atoms with Crippen molar-refractivity contribution in [3.05, 3.63) is 35.3 Å². The summed E-state index contributed by atoms with van der Waals surface area (Å²) in [5.74, 6) is 0. The summed E-state index contributed by atoms with van der Waals surface area (Å²) in [4.78, 5) is 13.5. The Morgan fingerprint density at radius 2 is 2.16 bits per heavy atom. The van der Waals surface area contributed by atoms with Crippen LogP contribution in [0.15, 0.2) is 29.8 Å². The van der Waals surface area contributed by atoms with Crippen molar-refractivity contribution in [3.8, 4) is 0 Å². The topological polar surface area (TPSA) is 55.6 Å². The van der Waals surface area contributed by atoms with Crippen LogP contribution in [0.25, 0.3) is 0 Å². The molecule has 0 spiro atoms. The third kappa shape index (κ3) is 2.92. The minimum Gasteiger partial charge on any atom is -0.452 e. The predicted molar refractivity (Wildman–Crippen MR) is 82.5 cm³/mol. The van der Waals surface area contributed by atoms with Crippen molar-refractivity contribution in [1.29, 1.82) is 0 Å². The summed E-state index contributed by atoms with van der Waals surface area (Å²) in [6, 6.07) is 3.90. The van der Waals surface area contributed by atoms with E-state index in [-0.39, 0.29) is 12.1 Å². The molecule has 4 nitrogen and oxygen atoms in total. The van der Waals surface area contributed by atoms with Crippen LogP contribution in [0.3, 0.4) is 0 Å². The van der Waals surface area contributed by atoms with Gasteiger partial charge in [-0.05, 0) is 47.8 Å². The summed E-state index contributed by atoms with van der Waals surface area (Å²) in [7, 11) is 1.39. The van der Waals surface area contributed by atoms with Crippen LogP contribution in [0.1, 0.15) is 18.9 Å². The van der Waals surface area contributed by atoms with Gasteiger partial charge >= 0.3 is 6.09 Å². The quantitative estimate of drug-likeness (QED) is 0.583. The molecule has 0 bridgehead atoms. The van der Waals surface area contributed by atoms with Crippen molar-refractivity contribution in [2.45, 2.75) is 25.8 Å². The molecule has 1 aliphatic rings. The fourth-order valence-corrected chi connectivity index (χ4v) is 2.58. The number of methoxy groups -OCH3 is 1. The van der Waals surface area contributed by atoms with Crippen LogP contribution in [0, 0.1) is 0 Å². The predicted octanol–water partition coefficient (Wildman–Crippen LogP) is 3.74. The minimum absolute atomic E-state index is 0.135. The highest BCUT2D eigenvalue weighted by atomic mass is 79.9. The van der Waals surface area contributed by atoms with Crippen molar-refractivity contribution >= 4 is 33.4 Å². The molecule has 0 aromatic heterocycles. The third-order valence-electron chi connectivity index (χ3n) is 3.16. The molecular formula is C14H19BrN2O2. The Bertz CT molecular complexity index is 477. The molecule has 1 amide bonds. The smallest absolute Gasteiger partial charge is 0.414 e. The monoisotopic (exact) mass is 326 g/mol. The Hall–Kier alpha value is -1.49. The standard InChI is InChI=1S/C12H15BrN2O2.C2H4/c1-7-3-4-8-10(15(7)12(16)17-2)6-5-9(13)11(8)14;1-2/h5-7H,3-4,14H2,1-2H3;1-2H2/t7-;/m0./s1.